The van der Waals surface area contributed by atoms with E-state index in [1.165, 1.54) is 0 Å². The highest BCUT2D eigenvalue weighted by Gasteiger charge is 2.36. The fourth-order valence-corrected chi connectivity index (χ4v) is 3.41. The Morgan fingerprint density at radius 1 is 1.14 bits per heavy atom. The van der Waals surface area contributed by atoms with Crippen LogP contribution in [0.2, 0.25) is 0 Å². The molecule has 1 amide bonds. The van der Waals surface area contributed by atoms with Gasteiger partial charge in [0.15, 0.2) is 0 Å². The number of benzene rings is 1. The summed E-state index contributed by atoms with van der Waals surface area (Å²) in [5, 5.41) is 4.09. The van der Waals surface area contributed by atoms with E-state index in [0.29, 0.717) is 30.2 Å². The van der Waals surface area contributed by atoms with Gasteiger partial charge in [0, 0.05) is 29.9 Å². The van der Waals surface area contributed by atoms with Crippen molar-refractivity contribution in [3.63, 3.8) is 0 Å². The Morgan fingerprint density at radius 2 is 1.96 bits per heavy atom. The minimum absolute atomic E-state index is 0.0884. The maximum absolute atomic E-state index is 13.2. The number of amides is 1. The molecule has 3 aromatic heterocycles. The molecule has 1 aliphatic rings. The third kappa shape index (κ3) is 2.84. The van der Waals surface area contributed by atoms with Gasteiger partial charge in [0.2, 0.25) is 11.7 Å². The highest BCUT2D eigenvalue weighted by molar-refractivity contribution is 5.94. The molecule has 28 heavy (non-hydrogen) atoms. The largest absolute Gasteiger partial charge is 0.347 e. The number of hydrogen-bond acceptors (Lipinski definition) is 6. The number of aromatic amines is 1. The van der Waals surface area contributed by atoms with Gasteiger partial charge in [-0.05, 0) is 24.3 Å². The summed E-state index contributed by atoms with van der Waals surface area (Å²) < 4.78 is 5.55. The van der Waals surface area contributed by atoms with Gasteiger partial charge < -0.3 is 14.4 Å². The van der Waals surface area contributed by atoms with Gasteiger partial charge in [0.1, 0.15) is 6.04 Å². The minimum atomic E-state index is -0.383. The summed E-state index contributed by atoms with van der Waals surface area (Å²) >= 11 is 0. The van der Waals surface area contributed by atoms with Crippen LogP contribution in [0.4, 0.5) is 0 Å². The van der Waals surface area contributed by atoms with E-state index in [-0.39, 0.29) is 11.9 Å². The molecule has 4 aromatic rings. The Bertz CT molecular complexity index is 1110. The zero-order valence-corrected chi connectivity index (χ0v) is 14.8. The first-order valence-electron chi connectivity index (χ1n) is 8.91. The lowest BCUT2D eigenvalue weighted by atomic mass is 10.0. The first kappa shape index (κ1) is 16.4. The van der Waals surface area contributed by atoms with Crippen LogP contribution in [0.1, 0.15) is 33.7 Å². The molecule has 8 heteroatoms. The van der Waals surface area contributed by atoms with Crippen molar-refractivity contribution < 1.29 is 9.32 Å². The maximum Gasteiger partial charge on any atom is 0.254 e. The second-order valence-electron chi connectivity index (χ2n) is 6.54. The van der Waals surface area contributed by atoms with Gasteiger partial charge in [-0.25, -0.2) is 4.98 Å². The van der Waals surface area contributed by atoms with Gasteiger partial charge in [-0.1, -0.05) is 23.4 Å². The van der Waals surface area contributed by atoms with Crippen LogP contribution in [-0.4, -0.2) is 35.9 Å². The standard InChI is InChI=1S/C20H16N6O2/c27-20(14-4-2-1-3-5-14)26-11-16-15(22-12-23-16)10-17(26)19-24-18(25-28-19)13-6-8-21-9-7-13/h1-9,12,17H,10-11H2,(H,22,23)/t17-/m0/s1. The maximum atomic E-state index is 13.2. The third-order valence-electron chi connectivity index (χ3n) is 4.85. The van der Waals surface area contributed by atoms with Crippen LogP contribution in [0, 0.1) is 0 Å². The van der Waals surface area contributed by atoms with Crippen molar-refractivity contribution in [2.45, 2.75) is 19.0 Å². The highest BCUT2D eigenvalue weighted by atomic mass is 16.5. The van der Waals surface area contributed by atoms with Crippen LogP contribution >= 0.6 is 0 Å². The monoisotopic (exact) mass is 372 g/mol. The van der Waals surface area contributed by atoms with Crippen LogP contribution in [0.25, 0.3) is 11.4 Å². The molecule has 1 aromatic carbocycles. The SMILES string of the molecule is O=C(c1ccccc1)N1Cc2[nH]cnc2C[C@H]1c1nc(-c2ccncc2)no1. The lowest BCUT2D eigenvalue weighted by molar-refractivity contribution is 0.0590. The summed E-state index contributed by atoms with van der Waals surface area (Å²) in [5.41, 5.74) is 3.26. The lowest BCUT2D eigenvalue weighted by Crippen LogP contribution is -2.39. The number of H-pyrrole nitrogens is 1. The normalized spacial score (nSPS) is 16.0. The number of carbonyl (C=O) groups excluding carboxylic acids is 1. The van der Waals surface area contributed by atoms with Crippen molar-refractivity contribution in [1.29, 1.82) is 0 Å². The molecule has 0 aliphatic carbocycles. The van der Waals surface area contributed by atoms with E-state index in [1.54, 1.807) is 35.8 Å². The molecule has 0 saturated heterocycles. The first-order chi connectivity index (χ1) is 13.8. The van der Waals surface area contributed by atoms with Crippen LogP contribution in [0.3, 0.4) is 0 Å². The summed E-state index contributed by atoms with van der Waals surface area (Å²) in [7, 11) is 0. The molecule has 4 heterocycles. The molecule has 0 saturated carbocycles. The average Bonchev–Trinajstić information content (AvgIpc) is 3.43. The van der Waals surface area contributed by atoms with Crippen molar-refractivity contribution in [1.82, 2.24) is 30.0 Å². The number of nitrogens with zero attached hydrogens (tertiary/aromatic N) is 5. The molecular weight excluding hydrogens is 356 g/mol. The third-order valence-corrected chi connectivity index (χ3v) is 4.85. The zero-order chi connectivity index (χ0) is 18.9. The number of fused-ring (bicyclic) bond motifs is 1. The van der Waals surface area contributed by atoms with Crippen LogP contribution in [0.5, 0.6) is 0 Å². The highest BCUT2D eigenvalue weighted by Crippen LogP contribution is 2.33. The van der Waals surface area contributed by atoms with E-state index in [9.17, 15) is 4.79 Å². The van der Waals surface area contributed by atoms with E-state index in [0.717, 1.165) is 17.0 Å². The molecule has 0 fully saturated rings. The minimum Gasteiger partial charge on any atom is -0.347 e. The quantitative estimate of drug-likeness (QED) is 0.593. The summed E-state index contributed by atoms with van der Waals surface area (Å²) in [6.45, 7) is 0.403. The van der Waals surface area contributed by atoms with E-state index >= 15 is 0 Å². The Labute approximate surface area is 160 Å². The number of pyridine rings is 1. The molecule has 1 N–H and O–H groups in total. The Kier molecular flexibility index (Phi) is 3.93. The number of carbonyl (C=O) groups is 1. The Hall–Kier alpha value is -3.81. The predicted octanol–water partition coefficient (Wildman–Crippen LogP) is 2.79. The zero-order valence-electron chi connectivity index (χ0n) is 14.8. The number of imidazole rings is 1. The van der Waals surface area contributed by atoms with E-state index < -0.39 is 0 Å². The number of hydrogen-bond donors (Lipinski definition) is 1. The summed E-state index contributed by atoms with van der Waals surface area (Å²) in [6, 6.07) is 12.4. The van der Waals surface area contributed by atoms with Crippen molar-refractivity contribution in [3.8, 4) is 11.4 Å². The topological polar surface area (TPSA) is 101 Å². The molecule has 0 spiro atoms. The van der Waals surface area contributed by atoms with Crippen LogP contribution in [-0.2, 0) is 13.0 Å². The second-order valence-corrected chi connectivity index (χ2v) is 6.54. The summed E-state index contributed by atoms with van der Waals surface area (Å²) in [4.78, 5) is 31.0. The Morgan fingerprint density at radius 3 is 2.79 bits per heavy atom. The summed E-state index contributed by atoms with van der Waals surface area (Å²) in [5.74, 6) is 0.775. The lowest BCUT2D eigenvalue weighted by Gasteiger charge is -2.32. The number of aromatic nitrogens is 5. The second kappa shape index (κ2) is 6.73. The van der Waals surface area contributed by atoms with Crippen molar-refractivity contribution in [2.75, 3.05) is 0 Å². The van der Waals surface area contributed by atoms with Gasteiger partial charge in [-0.15, -0.1) is 0 Å². The van der Waals surface area contributed by atoms with Gasteiger partial charge in [0.05, 0.1) is 24.3 Å². The summed E-state index contributed by atoms with van der Waals surface area (Å²) in [6.07, 6.45) is 5.50. The smallest absolute Gasteiger partial charge is 0.254 e. The van der Waals surface area contributed by atoms with Gasteiger partial charge in [-0.2, -0.15) is 4.98 Å². The molecule has 1 atom stereocenters. The molecule has 0 unspecified atom stereocenters. The Balaban J connectivity index is 1.52. The number of rotatable bonds is 3. The number of nitrogens with one attached hydrogen (secondary N) is 1. The molecular formula is C20H16N6O2. The van der Waals surface area contributed by atoms with Crippen LogP contribution in [0.15, 0.2) is 65.7 Å². The van der Waals surface area contributed by atoms with E-state index in [1.807, 2.05) is 30.3 Å². The van der Waals surface area contributed by atoms with Crippen molar-refractivity contribution in [3.05, 3.63) is 84.0 Å². The van der Waals surface area contributed by atoms with E-state index in [4.69, 9.17) is 4.52 Å². The molecule has 5 rings (SSSR count). The van der Waals surface area contributed by atoms with E-state index in [2.05, 4.69) is 25.1 Å². The van der Waals surface area contributed by atoms with Gasteiger partial charge in [0.25, 0.3) is 5.91 Å². The molecule has 0 bridgehead atoms. The molecule has 8 nitrogen and oxygen atoms in total. The van der Waals surface area contributed by atoms with Gasteiger partial charge >= 0.3 is 0 Å². The molecule has 0 radical (unpaired) electrons. The fourth-order valence-electron chi connectivity index (χ4n) is 3.41. The first-order valence-corrected chi connectivity index (χ1v) is 8.91. The van der Waals surface area contributed by atoms with Crippen molar-refractivity contribution in [2.24, 2.45) is 0 Å². The molecule has 138 valence electrons. The average molecular weight is 372 g/mol. The molecule has 1 aliphatic heterocycles. The predicted molar refractivity (Wildman–Crippen MR) is 98.9 cm³/mol. The van der Waals surface area contributed by atoms with Gasteiger partial charge in [-0.3, -0.25) is 9.78 Å². The van der Waals surface area contributed by atoms with Crippen LogP contribution < -0.4 is 0 Å². The van der Waals surface area contributed by atoms with Crippen molar-refractivity contribution >= 4 is 5.91 Å². The fraction of sp³-hybridized carbons (Fsp3) is 0.150.